The Kier molecular flexibility index (Phi) is 6.83. The fraction of sp³-hybridized carbons (Fsp3) is 0.333. The molecule has 1 aliphatic heterocycles. The number of hydrogen-bond donors (Lipinski definition) is 0. The number of aryl methyl sites for hydroxylation is 3. The molecule has 186 valence electrons. The van der Waals surface area contributed by atoms with Crippen LogP contribution in [0.3, 0.4) is 0 Å². The zero-order valence-corrected chi connectivity index (χ0v) is 20.7. The van der Waals surface area contributed by atoms with Gasteiger partial charge in [-0.3, -0.25) is 4.74 Å². The predicted molar refractivity (Wildman–Crippen MR) is 129 cm³/mol. The van der Waals surface area contributed by atoms with Gasteiger partial charge in [0.25, 0.3) is 0 Å². The van der Waals surface area contributed by atoms with E-state index in [-0.39, 0.29) is 17.9 Å². The van der Waals surface area contributed by atoms with Crippen molar-refractivity contribution in [1.29, 1.82) is 0 Å². The molecular weight excluding hydrogens is 475 g/mol. The molecule has 0 N–H and O–H groups in total. The molecule has 0 aromatic heterocycles. The lowest BCUT2D eigenvalue weighted by Gasteiger charge is -2.47. The number of ether oxygens (including phenoxy) is 1. The number of hydrogen-bond acceptors (Lipinski definition) is 3. The minimum Gasteiger partial charge on any atom is -0.287 e. The van der Waals surface area contributed by atoms with Gasteiger partial charge < -0.3 is 0 Å². The average molecular weight is 504 g/mol. The summed E-state index contributed by atoms with van der Waals surface area (Å²) in [5.41, 5.74) is 3.16. The number of piperidine rings is 1. The lowest BCUT2D eigenvalue weighted by molar-refractivity contribution is -0.346. The molecule has 0 saturated carbocycles. The number of rotatable bonds is 5. The Balaban J connectivity index is 1.93. The van der Waals surface area contributed by atoms with Crippen LogP contribution in [0.4, 0.5) is 13.2 Å². The first-order chi connectivity index (χ1) is 16.4. The van der Waals surface area contributed by atoms with Crippen molar-refractivity contribution >= 4 is 10.0 Å². The summed E-state index contributed by atoms with van der Waals surface area (Å²) in [6.45, 7) is 5.22. The summed E-state index contributed by atoms with van der Waals surface area (Å²) >= 11 is 0. The van der Waals surface area contributed by atoms with Crippen LogP contribution in [0.2, 0.25) is 0 Å². The largest absolute Gasteiger partial charge is 0.522 e. The second kappa shape index (κ2) is 9.41. The third-order valence-electron chi connectivity index (χ3n) is 6.71. The van der Waals surface area contributed by atoms with Gasteiger partial charge in [-0.25, -0.2) is 8.42 Å². The lowest BCUT2D eigenvalue weighted by atomic mass is 9.66. The first-order valence-electron chi connectivity index (χ1n) is 11.4. The van der Waals surface area contributed by atoms with E-state index in [9.17, 15) is 21.6 Å². The van der Waals surface area contributed by atoms with E-state index in [0.29, 0.717) is 0 Å². The minimum absolute atomic E-state index is 0.00334. The molecule has 0 radical (unpaired) electrons. The summed E-state index contributed by atoms with van der Waals surface area (Å²) in [6, 6.07) is 21.2. The number of alkyl halides is 3. The first-order valence-corrected chi connectivity index (χ1v) is 12.8. The summed E-state index contributed by atoms with van der Waals surface area (Å²) in [6.07, 6.45) is -6.30. The first kappa shape index (κ1) is 25.4. The Hall–Kier alpha value is -2.68. The van der Waals surface area contributed by atoms with Crippen molar-refractivity contribution in [1.82, 2.24) is 4.31 Å². The van der Waals surface area contributed by atoms with Crippen molar-refractivity contribution in [3.63, 3.8) is 0 Å². The standard InChI is InChI=1S/C27H28F3NO3S/c1-19-12-14-23(15-13-19)35(32,33)31-17-22(34-27(28,29)30)16-26(18-31,24-10-6-4-8-20(24)2)25-11-7-5-9-21(25)3/h4-15,22H,16-18H2,1-3H3. The van der Waals surface area contributed by atoms with Crippen molar-refractivity contribution in [3.8, 4) is 0 Å². The fourth-order valence-corrected chi connectivity index (χ4v) is 6.71. The zero-order valence-electron chi connectivity index (χ0n) is 19.8. The van der Waals surface area contributed by atoms with Crippen molar-refractivity contribution < 1.29 is 26.3 Å². The minimum atomic E-state index is -4.90. The summed E-state index contributed by atoms with van der Waals surface area (Å²) < 4.78 is 73.5. The van der Waals surface area contributed by atoms with E-state index in [0.717, 1.165) is 32.1 Å². The third-order valence-corrected chi connectivity index (χ3v) is 8.54. The number of sulfonamides is 1. The molecule has 0 aliphatic carbocycles. The van der Waals surface area contributed by atoms with Crippen LogP contribution < -0.4 is 0 Å². The maximum atomic E-state index is 13.7. The van der Waals surface area contributed by atoms with Crippen molar-refractivity contribution in [3.05, 3.63) is 101 Å². The molecule has 0 bridgehead atoms. The van der Waals surface area contributed by atoms with Crippen LogP contribution in [0.25, 0.3) is 0 Å². The Morgan fingerprint density at radius 3 is 1.86 bits per heavy atom. The Morgan fingerprint density at radius 2 is 1.37 bits per heavy atom. The van der Waals surface area contributed by atoms with E-state index in [1.54, 1.807) is 12.1 Å². The monoisotopic (exact) mass is 503 g/mol. The van der Waals surface area contributed by atoms with E-state index in [1.807, 2.05) is 69.3 Å². The van der Waals surface area contributed by atoms with Crippen molar-refractivity contribution in [2.75, 3.05) is 13.1 Å². The molecule has 8 heteroatoms. The van der Waals surface area contributed by atoms with E-state index in [4.69, 9.17) is 0 Å². The number of nitrogens with zero attached hydrogens (tertiary/aromatic N) is 1. The second-order valence-corrected chi connectivity index (χ2v) is 11.2. The van der Waals surface area contributed by atoms with Crippen LogP contribution in [0.15, 0.2) is 77.7 Å². The Morgan fingerprint density at radius 1 is 0.857 bits per heavy atom. The van der Waals surface area contributed by atoms with Gasteiger partial charge >= 0.3 is 6.36 Å². The molecule has 1 saturated heterocycles. The van der Waals surface area contributed by atoms with Crippen LogP contribution in [0.1, 0.15) is 34.2 Å². The molecule has 1 aliphatic rings. The predicted octanol–water partition coefficient (Wildman–Crippen LogP) is 5.90. The molecule has 1 fully saturated rings. The van der Waals surface area contributed by atoms with Gasteiger partial charge in [0.15, 0.2) is 0 Å². The van der Waals surface area contributed by atoms with E-state index < -0.39 is 34.4 Å². The molecule has 1 unspecified atom stereocenters. The van der Waals surface area contributed by atoms with Crippen LogP contribution in [0, 0.1) is 20.8 Å². The van der Waals surface area contributed by atoms with Crippen molar-refractivity contribution in [2.24, 2.45) is 0 Å². The van der Waals surface area contributed by atoms with Crippen LogP contribution in [0.5, 0.6) is 0 Å². The third kappa shape index (κ3) is 5.15. The number of halogens is 3. The summed E-state index contributed by atoms with van der Waals surface area (Å²) in [5.74, 6) is 0. The normalized spacial score (nSPS) is 19.0. The Labute approximate surface area is 204 Å². The highest BCUT2D eigenvalue weighted by molar-refractivity contribution is 7.89. The van der Waals surface area contributed by atoms with Crippen LogP contribution >= 0.6 is 0 Å². The molecule has 1 atom stereocenters. The lowest BCUT2D eigenvalue weighted by Crippen LogP contribution is -2.56. The molecule has 0 amide bonds. The van der Waals surface area contributed by atoms with Gasteiger partial charge in [-0.15, -0.1) is 13.2 Å². The van der Waals surface area contributed by atoms with Crippen LogP contribution in [-0.4, -0.2) is 38.3 Å². The summed E-state index contributed by atoms with van der Waals surface area (Å²) in [4.78, 5) is 0.0409. The van der Waals surface area contributed by atoms with E-state index >= 15 is 0 Å². The molecular formula is C27H28F3NO3S. The Bertz CT molecular complexity index is 1260. The van der Waals surface area contributed by atoms with Gasteiger partial charge in [0, 0.05) is 18.5 Å². The highest BCUT2D eigenvalue weighted by atomic mass is 32.2. The molecule has 3 aromatic carbocycles. The zero-order chi connectivity index (χ0) is 25.4. The molecule has 1 heterocycles. The highest BCUT2D eigenvalue weighted by Crippen LogP contribution is 2.45. The van der Waals surface area contributed by atoms with Gasteiger partial charge in [-0.2, -0.15) is 4.31 Å². The molecule has 4 rings (SSSR count). The van der Waals surface area contributed by atoms with Gasteiger partial charge in [0.05, 0.1) is 11.0 Å². The summed E-state index contributed by atoms with van der Waals surface area (Å²) in [5, 5.41) is 0. The van der Waals surface area contributed by atoms with Gasteiger partial charge in [-0.1, -0.05) is 66.2 Å². The second-order valence-electron chi connectivity index (χ2n) is 9.21. The molecule has 4 nitrogen and oxygen atoms in total. The highest BCUT2D eigenvalue weighted by Gasteiger charge is 2.50. The summed E-state index contributed by atoms with van der Waals surface area (Å²) in [7, 11) is -4.09. The fourth-order valence-electron chi connectivity index (χ4n) is 5.18. The van der Waals surface area contributed by atoms with Crippen molar-refractivity contribution in [2.45, 2.75) is 50.0 Å². The maximum absolute atomic E-state index is 13.7. The van der Waals surface area contributed by atoms with Gasteiger partial charge in [0.2, 0.25) is 10.0 Å². The van der Waals surface area contributed by atoms with Gasteiger partial charge in [-0.05, 0) is 61.6 Å². The average Bonchev–Trinajstić information content (AvgIpc) is 2.78. The van der Waals surface area contributed by atoms with Crippen LogP contribution in [-0.2, 0) is 20.2 Å². The molecule has 35 heavy (non-hydrogen) atoms. The van der Waals surface area contributed by atoms with E-state index in [1.165, 1.54) is 12.1 Å². The molecule has 3 aromatic rings. The van der Waals surface area contributed by atoms with E-state index in [2.05, 4.69) is 4.74 Å². The number of benzene rings is 3. The quantitative estimate of drug-likeness (QED) is 0.436. The van der Waals surface area contributed by atoms with Gasteiger partial charge in [0.1, 0.15) is 0 Å². The maximum Gasteiger partial charge on any atom is 0.522 e. The molecule has 0 spiro atoms. The smallest absolute Gasteiger partial charge is 0.287 e. The topological polar surface area (TPSA) is 46.6 Å². The SMILES string of the molecule is Cc1ccc(S(=O)(=O)N2CC(OC(F)(F)F)CC(c3ccccc3C)(c3ccccc3C)C2)cc1.